The smallest absolute Gasteiger partial charge is 0.313 e. The van der Waals surface area contributed by atoms with Crippen LogP contribution in [0.1, 0.15) is 24.5 Å². The van der Waals surface area contributed by atoms with Gasteiger partial charge < -0.3 is 14.5 Å². The van der Waals surface area contributed by atoms with Gasteiger partial charge in [-0.05, 0) is 50.2 Å². The number of benzene rings is 2. The molecule has 0 aliphatic carbocycles. The number of amides is 1. The summed E-state index contributed by atoms with van der Waals surface area (Å²) in [5.74, 6) is -0.441. The van der Waals surface area contributed by atoms with Crippen molar-refractivity contribution in [2.75, 3.05) is 5.32 Å². The van der Waals surface area contributed by atoms with Crippen molar-refractivity contribution in [1.82, 2.24) is 10.2 Å². The molecular weight excluding hydrogens is 325 g/mol. The van der Waals surface area contributed by atoms with Crippen LogP contribution in [0.3, 0.4) is 0 Å². The topological polar surface area (TPSA) is 77.2 Å². The lowest BCUT2D eigenvalue weighted by molar-refractivity contribution is 0.0990. The van der Waals surface area contributed by atoms with E-state index in [-0.39, 0.29) is 23.7 Å². The molecule has 0 spiro atoms. The van der Waals surface area contributed by atoms with Crippen LogP contribution in [0, 0.1) is 5.82 Å². The SMILES string of the molecule is CC(C)Oc1ccccc1NC(=O)c1nnc(-c2ccc(F)cc2)o1. The number of rotatable bonds is 5. The zero-order valence-electron chi connectivity index (χ0n) is 13.7. The van der Waals surface area contributed by atoms with Crippen molar-refractivity contribution in [2.45, 2.75) is 20.0 Å². The molecule has 1 aromatic heterocycles. The molecule has 0 aliphatic heterocycles. The van der Waals surface area contributed by atoms with Gasteiger partial charge in [-0.1, -0.05) is 12.1 Å². The van der Waals surface area contributed by atoms with E-state index in [0.29, 0.717) is 17.0 Å². The van der Waals surface area contributed by atoms with E-state index >= 15 is 0 Å². The van der Waals surface area contributed by atoms with E-state index in [0.717, 1.165) is 0 Å². The number of nitrogens with one attached hydrogen (secondary N) is 1. The Bertz CT molecular complexity index is 875. The molecule has 0 saturated carbocycles. The molecule has 3 rings (SSSR count). The third-order valence-corrected chi connectivity index (χ3v) is 3.21. The molecule has 0 radical (unpaired) electrons. The Labute approximate surface area is 143 Å². The van der Waals surface area contributed by atoms with Crippen LogP contribution < -0.4 is 10.1 Å². The van der Waals surface area contributed by atoms with E-state index in [2.05, 4.69) is 15.5 Å². The van der Waals surface area contributed by atoms with Crippen molar-refractivity contribution in [3.05, 3.63) is 60.2 Å². The van der Waals surface area contributed by atoms with Gasteiger partial charge in [0.15, 0.2) is 0 Å². The molecule has 0 atom stereocenters. The normalized spacial score (nSPS) is 10.7. The number of carbonyl (C=O) groups excluding carboxylic acids is 1. The Kier molecular flexibility index (Phi) is 4.74. The van der Waals surface area contributed by atoms with E-state index in [4.69, 9.17) is 9.15 Å². The zero-order chi connectivity index (χ0) is 17.8. The fourth-order valence-electron chi connectivity index (χ4n) is 2.13. The van der Waals surface area contributed by atoms with Gasteiger partial charge in [-0.2, -0.15) is 0 Å². The fourth-order valence-corrected chi connectivity index (χ4v) is 2.13. The highest BCUT2D eigenvalue weighted by Crippen LogP contribution is 2.26. The summed E-state index contributed by atoms with van der Waals surface area (Å²) in [6.45, 7) is 3.79. The molecule has 0 saturated heterocycles. The lowest BCUT2D eigenvalue weighted by Gasteiger charge is -2.13. The number of ether oxygens (including phenoxy) is 1. The molecule has 0 fully saturated rings. The monoisotopic (exact) mass is 341 g/mol. The molecule has 3 aromatic rings. The number of hydrogen-bond acceptors (Lipinski definition) is 5. The third-order valence-electron chi connectivity index (χ3n) is 3.21. The van der Waals surface area contributed by atoms with E-state index in [1.54, 1.807) is 18.2 Å². The highest BCUT2D eigenvalue weighted by Gasteiger charge is 2.18. The van der Waals surface area contributed by atoms with Crippen LogP contribution >= 0.6 is 0 Å². The molecule has 1 heterocycles. The van der Waals surface area contributed by atoms with Gasteiger partial charge >= 0.3 is 11.8 Å². The Morgan fingerprint density at radius 1 is 1.12 bits per heavy atom. The molecular formula is C18H16FN3O3. The van der Waals surface area contributed by atoms with Crippen LogP contribution in [0.5, 0.6) is 5.75 Å². The second kappa shape index (κ2) is 7.12. The first-order chi connectivity index (χ1) is 12.0. The molecule has 1 amide bonds. The van der Waals surface area contributed by atoms with E-state index in [9.17, 15) is 9.18 Å². The maximum absolute atomic E-state index is 13.0. The summed E-state index contributed by atoms with van der Waals surface area (Å²) in [7, 11) is 0. The lowest BCUT2D eigenvalue weighted by Crippen LogP contribution is -2.14. The fraction of sp³-hybridized carbons (Fsp3) is 0.167. The van der Waals surface area contributed by atoms with Gasteiger partial charge in [0.05, 0.1) is 11.8 Å². The van der Waals surface area contributed by atoms with E-state index in [1.165, 1.54) is 24.3 Å². The van der Waals surface area contributed by atoms with Crippen LogP contribution in [0.2, 0.25) is 0 Å². The maximum atomic E-state index is 13.0. The second-order valence-corrected chi connectivity index (χ2v) is 5.54. The number of carbonyl (C=O) groups is 1. The average Bonchev–Trinajstić information content (AvgIpc) is 3.07. The van der Waals surface area contributed by atoms with Crippen molar-refractivity contribution >= 4 is 11.6 Å². The van der Waals surface area contributed by atoms with Crippen LogP contribution in [0.15, 0.2) is 52.9 Å². The first kappa shape index (κ1) is 16.6. The Balaban J connectivity index is 1.78. The maximum Gasteiger partial charge on any atom is 0.313 e. The Morgan fingerprint density at radius 3 is 2.56 bits per heavy atom. The number of hydrogen-bond donors (Lipinski definition) is 1. The molecule has 25 heavy (non-hydrogen) atoms. The summed E-state index contributed by atoms with van der Waals surface area (Å²) >= 11 is 0. The summed E-state index contributed by atoms with van der Waals surface area (Å²) in [6, 6.07) is 12.6. The minimum atomic E-state index is -0.555. The predicted octanol–water partition coefficient (Wildman–Crippen LogP) is 3.92. The van der Waals surface area contributed by atoms with Crippen molar-refractivity contribution in [1.29, 1.82) is 0 Å². The van der Waals surface area contributed by atoms with Crippen molar-refractivity contribution in [3.8, 4) is 17.2 Å². The van der Waals surface area contributed by atoms with Gasteiger partial charge in [-0.3, -0.25) is 4.79 Å². The van der Waals surface area contributed by atoms with Gasteiger partial charge in [0, 0.05) is 5.56 Å². The first-order valence-electron chi connectivity index (χ1n) is 7.69. The van der Waals surface area contributed by atoms with Crippen LogP contribution in [0.4, 0.5) is 10.1 Å². The highest BCUT2D eigenvalue weighted by molar-refractivity contribution is 6.01. The van der Waals surface area contributed by atoms with Gasteiger partial charge in [0.2, 0.25) is 5.89 Å². The molecule has 6 nitrogen and oxygen atoms in total. The minimum absolute atomic E-state index is 0.0356. The molecule has 0 aliphatic rings. The van der Waals surface area contributed by atoms with Crippen molar-refractivity contribution < 1.29 is 18.3 Å². The van der Waals surface area contributed by atoms with Gasteiger partial charge in [0.1, 0.15) is 11.6 Å². The minimum Gasteiger partial charge on any atom is -0.489 e. The summed E-state index contributed by atoms with van der Waals surface area (Å²) in [4.78, 5) is 12.3. The van der Waals surface area contributed by atoms with E-state index < -0.39 is 5.91 Å². The second-order valence-electron chi connectivity index (χ2n) is 5.54. The summed E-state index contributed by atoms with van der Waals surface area (Å²) in [5.41, 5.74) is 1.03. The number of anilines is 1. The van der Waals surface area contributed by atoms with Gasteiger partial charge in [0.25, 0.3) is 0 Å². The van der Waals surface area contributed by atoms with Crippen molar-refractivity contribution in [2.24, 2.45) is 0 Å². The van der Waals surface area contributed by atoms with Crippen LogP contribution in [-0.4, -0.2) is 22.2 Å². The standard InChI is InChI=1S/C18H16FN3O3/c1-11(2)24-15-6-4-3-5-14(15)20-16(23)18-22-21-17(25-18)12-7-9-13(19)10-8-12/h3-11H,1-2H3,(H,20,23). The summed E-state index contributed by atoms with van der Waals surface area (Å²) in [6.07, 6.45) is -0.0356. The van der Waals surface area contributed by atoms with Gasteiger partial charge in [-0.15, -0.1) is 10.2 Å². The molecule has 2 aromatic carbocycles. The molecule has 0 unspecified atom stereocenters. The van der Waals surface area contributed by atoms with Crippen LogP contribution in [-0.2, 0) is 0 Å². The Morgan fingerprint density at radius 2 is 1.84 bits per heavy atom. The quantitative estimate of drug-likeness (QED) is 0.761. The largest absolute Gasteiger partial charge is 0.489 e. The summed E-state index contributed by atoms with van der Waals surface area (Å²) in [5, 5.41) is 10.2. The van der Waals surface area contributed by atoms with E-state index in [1.807, 2.05) is 19.9 Å². The van der Waals surface area contributed by atoms with Crippen LogP contribution in [0.25, 0.3) is 11.5 Å². The number of aromatic nitrogens is 2. The molecule has 0 bridgehead atoms. The zero-order valence-corrected chi connectivity index (χ0v) is 13.7. The number of nitrogens with zero attached hydrogens (tertiary/aromatic N) is 2. The lowest BCUT2D eigenvalue weighted by atomic mass is 10.2. The third kappa shape index (κ3) is 4.00. The highest BCUT2D eigenvalue weighted by atomic mass is 19.1. The summed E-state index contributed by atoms with van der Waals surface area (Å²) < 4.78 is 24.0. The first-order valence-corrected chi connectivity index (χ1v) is 7.69. The van der Waals surface area contributed by atoms with Gasteiger partial charge in [-0.25, -0.2) is 4.39 Å². The molecule has 7 heteroatoms. The number of para-hydroxylation sites is 2. The predicted molar refractivity (Wildman–Crippen MR) is 89.9 cm³/mol. The average molecular weight is 341 g/mol. The number of halogens is 1. The molecule has 128 valence electrons. The molecule has 1 N–H and O–H groups in total. The Hall–Kier alpha value is -3.22. The van der Waals surface area contributed by atoms with Crippen molar-refractivity contribution in [3.63, 3.8) is 0 Å².